The number of para-hydroxylation sites is 1. The van der Waals surface area contributed by atoms with E-state index >= 15 is 0 Å². The maximum absolute atomic E-state index is 13.1. The van der Waals surface area contributed by atoms with Crippen molar-refractivity contribution in [1.82, 2.24) is 34.9 Å². The lowest BCUT2D eigenvalue weighted by Gasteiger charge is -2.33. The normalized spacial score (nSPS) is 17.6. The Morgan fingerprint density at radius 1 is 1.28 bits per heavy atom. The predicted octanol–water partition coefficient (Wildman–Crippen LogP) is 1.64. The van der Waals surface area contributed by atoms with Crippen LogP contribution in [0.2, 0.25) is 0 Å². The van der Waals surface area contributed by atoms with Gasteiger partial charge >= 0.3 is 0 Å². The summed E-state index contributed by atoms with van der Waals surface area (Å²) in [6.45, 7) is 3.43. The lowest BCUT2D eigenvalue weighted by molar-refractivity contribution is 0.0673. The number of rotatable bonds is 3. The number of nitrogens with zero attached hydrogens (tertiary/aromatic N) is 7. The summed E-state index contributed by atoms with van der Waals surface area (Å²) in [5, 5.41) is 15.6. The lowest BCUT2D eigenvalue weighted by Crippen LogP contribution is -2.41. The average Bonchev–Trinajstić information content (AvgIpc) is 3.33. The maximum atomic E-state index is 13.1. The Hall–Kier alpha value is -3.03. The molecule has 0 aliphatic carbocycles. The van der Waals surface area contributed by atoms with E-state index in [0.717, 1.165) is 24.9 Å². The molecule has 4 rings (SSSR count). The first-order valence-electron chi connectivity index (χ1n) is 8.35. The van der Waals surface area contributed by atoms with Crippen molar-refractivity contribution in [2.75, 3.05) is 13.1 Å². The van der Waals surface area contributed by atoms with Gasteiger partial charge in [-0.05, 0) is 47.9 Å². The summed E-state index contributed by atoms with van der Waals surface area (Å²) in [6.07, 6.45) is 7.38. The Kier molecular flexibility index (Phi) is 4.01. The molecule has 1 saturated heterocycles. The fourth-order valence-corrected chi connectivity index (χ4v) is 3.28. The summed E-state index contributed by atoms with van der Waals surface area (Å²) in [5.41, 5.74) is 2.43. The zero-order valence-corrected chi connectivity index (χ0v) is 14.0. The Morgan fingerprint density at radius 2 is 2.16 bits per heavy atom. The van der Waals surface area contributed by atoms with Crippen LogP contribution in [0.4, 0.5) is 0 Å². The van der Waals surface area contributed by atoms with E-state index in [9.17, 15) is 4.79 Å². The van der Waals surface area contributed by atoms with Crippen LogP contribution in [-0.2, 0) is 0 Å². The monoisotopic (exact) mass is 337 g/mol. The van der Waals surface area contributed by atoms with Crippen LogP contribution < -0.4 is 0 Å². The van der Waals surface area contributed by atoms with Gasteiger partial charge in [-0.1, -0.05) is 12.1 Å². The Balaban J connectivity index is 1.59. The van der Waals surface area contributed by atoms with Gasteiger partial charge in [0, 0.05) is 19.3 Å². The third-order valence-corrected chi connectivity index (χ3v) is 4.52. The molecular weight excluding hydrogens is 318 g/mol. The number of likely N-dealkylation sites (tertiary alicyclic amines) is 1. The fourth-order valence-electron chi connectivity index (χ4n) is 3.28. The molecule has 1 aliphatic heterocycles. The number of aryl methyl sites for hydroxylation is 1. The van der Waals surface area contributed by atoms with Crippen molar-refractivity contribution in [1.29, 1.82) is 0 Å². The van der Waals surface area contributed by atoms with Gasteiger partial charge in [0.05, 0.1) is 23.5 Å². The third kappa shape index (κ3) is 3.02. The number of piperidine rings is 1. The van der Waals surface area contributed by atoms with E-state index in [1.807, 2.05) is 53.2 Å². The molecule has 0 bridgehead atoms. The van der Waals surface area contributed by atoms with Gasteiger partial charge in [-0.15, -0.1) is 5.10 Å². The smallest absolute Gasteiger partial charge is 0.256 e. The lowest BCUT2D eigenvalue weighted by atomic mass is 10.0. The summed E-state index contributed by atoms with van der Waals surface area (Å²) in [7, 11) is 0. The van der Waals surface area contributed by atoms with Gasteiger partial charge in [0.15, 0.2) is 0 Å². The first kappa shape index (κ1) is 15.5. The molecule has 1 aromatic carbocycles. The number of hydrogen-bond donors (Lipinski definition) is 0. The molecule has 0 saturated carbocycles. The minimum Gasteiger partial charge on any atom is -0.336 e. The number of tetrazole rings is 1. The van der Waals surface area contributed by atoms with E-state index in [0.29, 0.717) is 17.8 Å². The molecule has 0 spiro atoms. The van der Waals surface area contributed by atoms with Crippen molar-refractivity contribution in [3.8, 4) is 5.69 Å². The minimum atomic E-state index is -0.000298. The molecule has 3 heterocycles. The second-order valence-electron chi connectivity index (χ2n) is 6.32. The van der Waals surface area contributed by atoms with Crippen molar-refractivity contribution in [2.45, 2.75) is 25.8 Å². The molecule has 0 radical (unpaired) electrons. The molecule has 1 unspecified atom stereocenters. The predicted molar refractivity (Wildman–Crippen MR) is 90.3 cm³/mol. The van der Waals surface area contributed by atoms with E-state index in [-0.39, 0.29) is 11.9 Å². The molecule has 8 heteroatoms. The Bertz CT molecular complexity index is 871. The van der Waals surface area contributed by atoms with Gasteiger partial charge in [-0.25, -0.2) is 0 Å². The summed E-state index contributed by atoms with van der Waals surface area (Å²) < 4.78 is 3.49. The Labute approximate surface area is 145 Å². The standard InChI is InChI=1S/C17H19N7O/c1-13-9-19-23(10-13)14-5-4-8-22(11-14)17(25)15-6-2-3-7-16(15)24-12-18-20-21-24/h2-3,6-7,9-10,12,14H,4-5,8,11H2,1H3. The van der Waals surface area contributed by atoms with Crippen LogP contribution in [0, 0.1) is 6.92 Å². The van der Waals surface area contributed by atoms with Gasteiger partial charge < -0.3 is 4.90 Å². The number of carbonyl (C=O) groups excluding carboxylic acids is 1. The van der Waals surface area contributed by atoms with E-state index in [1.54, 1.807) is 0 Å². The molecular formula is C17H19N7O. The SMILES string of the molecule is Cc1cnn(C2CCCN(C(=O)c3ccccc3-n3cnnn3)C2)c1. The zero-order chi connectivity index (χ0) is 17.2. The highest BCUT2D eigenvalue weighted by Gasteiger charge is 2.27. The third-order valence-electron chi connectivity index (χ3n) is 4.52. The van der Waals surface area contributed by atoms with Crippen molar-refractivity contribution in [3.63, 3.8) is 0 Å². The van der Waals surface area contributed by atoms with Crippen molar-refractivity contribution >= 4 is 5.91 Å². The van der Waals surface area contributed by atoms with Gasteiger partial charge in [-0.3, -0.25) is 9.48 Å². The molecule has 1 aliphatic rings. The summed E-state index contributed by atoms with van der Waals surface area (Å²) in [4.78, 5) is 15.0. The molecule has 0 N–H and O–H groups in total. The number of hydrogen-bond acceptors (Lipinski definition) is 5. The number of benzene rings is 1. The minimum absolute atomic E-state index is 0.000298. The summed E-state index contributed by atoms with van der Waals surface area (Å²) >= 11 is 0. The van der Waals surface area contributed by atoms with Crippen LogP contribution in [-0.4, -0.2) is 53.9 Å². The van der Waals surface area contributed by atoms with Crippen molar-refractivity contribution in [3.05, 3.63) is 54.1 Å². The highest BCUT2D eigenvalue weighted by Crippen LogP contribution is 2.24. The van der Waals surface area contributed by atoms with Crippen LogP contribution in [0.25, 0.3) is 5.69 Å². The van der Waals surface area contributed by atoms with Crippen LogP contribution in [0.3, 0.4) is 0 Å². The fraction of sp³-hybridized carbons (Fsp3) is 0.353. The highest BCUT2D eigenvalue weighted by molar-refractivity contribution is 5.97. The van der Waals surface area contributed by atoms with Gasteiger partial charge in [0.1, 0.15) is 6.33 Å². The Morgan fingerprint density at radius 3 is 2.92 bits per heavy atom. The molecule has 3 aromatic rings. The second kappa shape index (κ2) is 6.46. The molecule has 8 nitrogen and oxygen atoms in total. The van der Waals surface area contributed by atoms with Gasteiger partial charge in [0.25, 0.3) is 5.91 Å². The van der Waals surface area contributed by atoms with E-state index < -0.39 is 0 Å². The van der Waals surface area contributed by atoms with Gasteiger partial charge in [0.2, 0.25) is 0 Å². The number of carbonyl (C=O) groups is 1. The summed E-state index contributed by atoms with van der Waals surface area (Å²) in [6, 6.07) is 7.62. The van der Waals surface area contributed by atoms with Crippen LogP contribution >= 0.6 is 0 Å². The molecule has 25 heavy (non-hydrogen) atoms. The number of aromatic nitrogens is 6. The highest BCUT2D eigenvalue weighted by atomic mass is 16.2. The van der Waals surface area contributed by atoms with E-state index in [4.69, 9.17) is 0 Å². The number of amides is 1. The maximum Gasteiger partial charge on any atom is 0.256 e. The van der Waals surface area contributed by atoms with E-state index in [2.05, 4.69) is 20.6 Å². The van der Waals surface area contributed by atoms with E-state index in [1.165, 1.54) is 11.0 Å². The van der Waals surface area contributed by atoms with Crippen LogP contribution in [0.5, 0.6) is 0 Å². The van der Waals surface area contributed by atoms with Crippen LogP contribution in [0.1, 0.15) is 34.8 Å². The van der Waals surface area contributed by atoms with Crippen molar-refractivity contribution < 1.29 is 4.79 Å². The van der Waals surface area contributed by atoms with Crippen LogP contribution in [0.15, 0.2) is 43.0 Å². The molecule has 1 atom stereocenters. The molecule has 1 fully saturated rings. The first-order valence-corrected chi connectivity index (χ1v) is 8.35. The first-order chi connectivity index (χ1) is 12.2. The summed E-state index contributed by atoms with van der Waals surface area (Å²) in [5.74, 6) is -0.000298. The zero-order valence-electron chi connectivity index (χ0n) is 14.0. The van der Waals surface area contributed by atoms with Gasteiger partial charge in [-0.2, -0.15) is 9.78 Å². The molecule has 128 valence electrons. The second-order valence-corrected chi connectivity index (χ2v) is 6.32. The topological polar surface area (TPSA) is 81.7 Å². The average molecular weight is 337 g/mol. The van der Waals surface area contributed by atoms with Crippen molar-refractivity contribution in [2.24, 2.45) is 0 Å². The molecule has 1 amide bonds. The molecule has 2 aromatic heterocycles. The quantitative estimate of drug-likeness (QED) is 0.726. The largest absolute Gasteiger partial charge is 0.336 e.